The van der Waals surface area contributed by atoms with Crippen LogP contribution in [0.3, 0.4) is 0 Å². The molecule has 0 bridgehead atoms. The molecule has 0 saturated carbocycles. The average Bonchev–Trinajstić information content (AvgIpc) is 2.77. The number of amides is 2. The van der Waals surface area contributed by atoms with Gasteiger partial charge in [-0.2, -0.15) is 0 Å². The fraction of sp³-hybridized carbons (Fsp3) is 0.818. The highest BCUT2D eigenvalue weighted by Crippen LogP contribution is 2.25. The zero-order valence-electron chi connectivity index (χ0n) is 20.1. The van der Waals surface area contributed by atoms with Gasteiger partial charge in [0.25, 0.3) is 0 Å². The van der Waals surface area contributed by atoms with Gasteiger partial charge < -0.3 is 24.2 Å². The van der Waals surface area contributed by atoms with Crippen LogP contribution in [-0.2, 0) is 28.7 Å². The van der Waals surface area contributed by atoms with E-state index in [1.165, 1.54) is 28.1 Å². The number of nitrogens with zero attached hydrogens (tertiary/aromatic N) is 3. The number of carbonyl (C=O) groups is 4. The van der Waals surface area contributed by atoms with Crippen molar-refractivity contribution in [1.29, 1.82) is 0 Å². The molecule has 0 radical (unpaired) electrons. The van der Waals surface area contributed by atoms with Crippen molar-refractivity contribution in [2.75, 3.05) is 41.4 Å². The SMILES string of the molecule is CC[C@@H]1CC[C@@H](C(=O)OC)N(C(C)=O)C1.COC(=O)[C@@H]1CC[C@@H](N(C)C)CN1C(C)=O. The van der Waals surface area contributed by atoms with E-state index in [0.717, 1.165) is 25.7 Å². The van der Waals surface area contributed by atoms with Gasteiger partial charge in [0.15, 0.2) is 0 Å². The molecule has 2 saturated heterocycles. The molecule has 0 aromatic rings. The third-order valence-corrected chi connectivity index (χ3v) is 6.30. The molecule has 0 aliphatic carbocycles. The Kier molecular flexibility index (Phi) is 11.0. The van der Waals surface area contributed by atoms with Gasteiger partial charge in [-0.3, -0.25) is 9.59 Å². The lowest BCUT2D eigenvalue weighted by atomic mass is 9.91. The maximum atomic E-state index is 11.5. The highest BCUT2D eigenvalue weighted by molar-refractivity contribution is 5.84. The van der Waals surface area contributed by atoms with Crippen LogP contribution in [-0.4, -0.2) is 98.0 Å². The molecule has 9 heteroatoms. The Balaban J connectivity index is 0.000000311. The van der Waals surface area contributed by atoms with Crippen molar-refractivity contribution >= 4 is 23.8 Å². The maximum Gasteiger partial charge on any atom is 0.328 e. The Hall–Kier alpha value is -2.16. The summed E-state index contributed by atoms with van der Waals surface area (Å²) in [6.45, 7) is 6.40. The summed E-state index contributed by atoms with van der Waals surface area (Å²) in [5.74, 6) is -0.188. The first kappa shape index (κ1) is 26.9. The van der Waals surface area contributed by atoms with Gasteiger partial charge in [0.1, 0.15) is 12.1 Å². The molecule has 0 aromatic carbocycles. The van der Waals surface area contributed by atoms with Crippen molar-refractivity contribution in [2.45, 2.75) is 71.0 Å². The standard InChI is InChI=1S/C11H20N2O3.C11H19NO3/c1-8(14)13-7-9(12(2)3)5-6-10(13)11(15)16-4;1-4-9-5-6-10(11(14)15-3)12(7-9)8(2)13/h9-10H,5-7H2,1-4H3;9-10H,4-7H2,1-3H3/t2*9-,10+/m11/s1. The quantitative estimate of drug-likeness (QED) is 0.607. The highest BCUT2D eigenvalue weighted by Gasteiger charge is 2.36. The summed E-state index contributed by atoms with van der Waals surface area (Å²) in [4.78, 5) is 51.2. The zero-order chi connectivity index (χ0) is 23.7. The van der Waals surface area contributed by atoms with Crippen LogP contribution >= 0.6 is 0 Å². The van der Waals surface area contributed by atoms with Crippen LogP contribution in [0.15, 0.2) is 0 Å². The zero-order valence-corrected chi connectivity index (χ0v) is 20.1. The van der Waals surface area contributed by atoms with E-state index in [4.69, 9.17) is 9.47 Å². The van der Waals surface area contributed by atoms with Crippen LogP contribution in [0.5, 0.6) is 0 Å². The van der Waals surface area contributed by atoms with Gasteiger partial charge >= 0.3 is 11.9 Å². The summed E-state index contributed by atoms with van der Waals surface area (Å²) in [6.07, 6.45) is 4.37. The van der Waals surface area contributed by atoms with E-state index >= 15 is 0 Å². The number of esters is 2. The maximum absolute atomic E-state index is 11.5. The Bertz CT molecular complexity index is 639. The minimum atomic E-state index is -0.404. The smallest absolute Gasteiger partial charge is 0.328 e. The number of rotatable bonds is 4. The summed E-state index contributed by atoms with van der Waals surface area (Å²) in [5.41, 5.74) is 0. The average molecular weight is 442 g/mol. The molecule has 9 nitrogen and oxygen atoms in total. The molecule has 2 heterocycles. The molecule has 31 heavy (non-hydrogen) atoms. The van der Waals surface area contributed by atoms with E-state index in [1.54, 1.807) is 9.80 Å². The molecule has 4 atom stereocenters. The van der Waals surface area contributed by atoms with Gasteiger partial charge in [-0.05, 0) is 45.7 Å². The minimum Gasteiger partial charge on any atom is -0.467 e. The molecule has 2 fully saturated rings. The molecule has 2 aliphatic rings. The van der Waals surface area contributed by atoms with Crippen molar-refractivity contribution in [1.82, 2.24) is 14.7 Å². The normalized spacial score (nSPS) is 25.9. The van der Waals surface area contributed by atoms with Gasteiger partial charge in [-0.25, -0.2) is 9.59 Å². The molecule has 2 rings (SSSR count). The molecule has 0 spiro atoms. The molecule has 178 valence electrons. The van der Waals surface area contributed by atoms with Gasteiger partial charge in [0.2, 0.25) is 11.8 Å². The topological polar surface area (TPSA) is 96.5 Å². The number of carbonyl (C=O) groups excluding carboxylic acids is 4. The van der Waals surface area contributed by atoms with Crippen LogP contribution in [0.1, 0.15) is 52.9 Å². The predicted molar refractivity (Wildman–Crippen MR) is 116 cm³/mol. The summed E-state index contributed by atoms with van der Waals surface area (Å²) >= 11 is 0. The second-order valence-electron chi connectivity index (χ2n) is 8.47. The second kappa shape index (κ2) is 12.6. The molecule has 2 aliphatic heterocycles. The monoisotopic (exact) mass is 441 g/mol. The fourth-order valence-electron chi connectivity index (χ4n) is 4.21. The summed E-state index contributed by atoms with van der Waals surface area (Å²) in [5, 5.41) is 0. The van der Waals surface area contributed by atoms with E-state index < -0.39 is 6.04 Å². The largest absolute Gasteiger partial charge is 0.467 e. The van der Waals surface area contributed by atoms with Crippen molar-refractivity contribution in [3.8, 4) is 0 Å². The predicted octanol–water partition coefficient (Wildman–Crippen LogP) is 1.30. The van der Waals surface area contributed by atoms with Crippen LogP contribution in [0, 0.1) is 5.92 Å². The first-order valence-corrected chi connectivity index (χ1v) is 10.9. The van der Waals surface area contributed by atoms with E-state index in [0.29, 0.717) is 31.5 Å². The lowest BCUT2D eigenvalue weighted by molar-refractivity contribution is -0.155. The Morgan fingerprint density at radius 2 is 1.26 bits per heavy atom. The third kappa shape index (κ3) is 7.48. The third-order valence-electron chi connectivity index (χ3n) is 6.30. The molecule has 0 unspecified atom stereocenters. The summed E-state index contributed by atoms with van der Waals surface area (Å²) in [7, 11) is 6.70. The van der Waals surface area contributed by atoms with Crippen LogP contribution < -0.4 is 0 Å². The molecule has 0 aromatic heterocycles. The first-order chi connectivity index (χ1) is 14.6. The number of likely N-dealkylation sites (N-methyl/N-ethyl adjacent to an activating group) is 1. The number of piperidine rings is 2. The van der Waals surface area contributed by atoms with Crippen molar-refractivity contribution in [3.05, 3.63) is 0 Å². The summed E-state index contributed by atoms with van der Waals surface area (Å²) in [6, 6.07) is -0.446. The van der Waals surface area contributed by atoms with Gasteiger partial charge in [-0.15, -0.1) is 0 Å². The van der Waals surface area contributed by atoms with Crippen LogP contribution in [0.2, 0.25) is 0 Å². The van der Waals surface area contributed by atoms with E-state index in [1.807, 2.05) is 14.1 Å². The van der Waals surface area contributed by atoms with Gasteiger partial charge in [0, 0.05) is 33.0 Å². The van der Waals surface area contributed by atoms with E-state index in [2.05, 4.69) is 11.8 Å². The van der Waals surface area contributed by atoms with Gasteiger partial charge in [-0.1, -0.05) is 13.3 Å². The number of methoxy groups -OCH3 is 2. The Morgan fingerprint density at radius 3 is 1.65 bits per heavy atom. The van der Waals surface area contributed by atoms with Crippen molar-refractivity contribution in [2.24, 2.45) is 5.92 Å². The number of hydrogen-bond donors (Lipinski definition) is 0. The van der Waals surface area contributed by atoms with E-state index in [-0.39, 0.29) is 29.8 Å². The van der Waals surface area contributed by atoms with Crippen LogP contribution in [0.25, 0.3) is 0 Å². The molecule has 2 amide bonds. The molecular weight excluding hydrogens is 402 g/mol. The van der Waals surface area contributed by atoms with Crippen LogP contribution in [0.4, 0.5) is 0 Å². The van der Waals surface area contributed by atoms with Gasteiger partial charge in [0.05, 0.1) is 14.2 Å². The Morgan fingerprint density at radius 1 is 0.806 bits per heavy atom. The second-order valence-corrected chi connectivity index (χ2v) is 8.47. The number of likely N-dealkylation sites (tertiary alicyclic amines) is 2. The molecule has 0 N–H and O–H groups in total. The highest BCUT2D eigenvalue weighted by atomic mass is 16.5. The fourth-order valence-corrected chi connectivity index (χ4v) is 4.21. The van der Waals surface area contributed by atoms with Crippen molar-refractivity contribution < 1.29 is 28.7 Å². The number of hydrogen-bond acceptors (Lipinski definition) is 7. The number of ether oxygens (including phenoxy) is 2. The lowest BCUT2D eigenvalue weighted by Crippen LogP contribution is -2.54. The van der Waals surface area contributed by atoms with Crippen molar-refractivity contribution in [3.63, 3.8) is 0 Å². The minimum absolute atomic E-state index is 0.0384. The van der Waals surface area contributed by atoms with E-state index in [9.17, 15) is 19.2 Å². The first-order valence-electron chi connectivity index (χ1n) is 10.9. The molecular formula is C22H39N3O6. The Labute approximate surface area is 186 Å². The summed E-state index contributed by atoms with van der Waals surface area (Å²) < 4.78 is 9.43. The lowest BCUT2D eigenvalue weighted by Gasteiger charge is -2.39.